The van der Waals surface area contributed by atoms with Crippen LogP contribution in [-0.4, -0.2) is 11.1 Å². The highest BCUT2D eigenvalue weighted by Gasteiger charge is 2.29. The van der Waals surface area contributed by atoms with E-state index < -0.39 is 5.97 Å². The zero-order valence-corrected chi connectivity index (χ0v) is 15.5. The molecule has 0 spiro atoms. The van der Waals surface area contributed by atoms with Crippen LogP contribution in [0.4, 0.5) is 0 Å². The van der Waals surface area contributed by atoms with Gasteiger partial charge in [-0.15, -0.1) is 0 Å². The molecule has 25 heavy (non-hydrogen) atoms. The third kappa shape index (κ3) is 12.0. The van der Waals surface area contributed by atoms with Crippen LogP contribution in [0.25, 0.3) is 0 Å². The zero-order chi connectivity index (χ0) is 18.2. The van der Waals surface area contributed by atoms with Crippen molar-refractivity contribution >= 4 is 5.97 Å². The van der Waals surface area contributed by atoms with E-state index in [4.69, 9.17) is 9.84 Å². The molecule has 0 radical (unpaired) electrons. The number of carboxylic acids is 1. The lowest BCUT2D eigenvalue weighted by atomic mass is 10.1. The maximum absolute atomic E-state index is 10.5. The molecule has 1 aliphatic rings. The van der Waals surface area contributed by atoms with E-state index in [2.05, 4.69) is 19.1 Å². The maximum atomic E-state index is 10.5. The summed E-state index contributed by atoms with van der Waals surface area (Å²) in [6.45, 7) is 2.26. The second kappa shape index (κ2) is 14.3. The molecule has 0 aromatic carbocycles. The van der Waals surface area contributed by atoms with Gasteiger partial charge in [0.05, 0.1) is 0 Å². The number of hydrogen-bond acceptors (Lipinski definition) is 2. The molecule has 3 nitrogen and oxygen atoms in total. The van der Waals surface area contributed by atoms with E-state index in [0.717, 1.165) is 6.42 Å². The van der Waals surface area contributed by atoms with Gasteiger partial charge in [0.1, 0.15) is 0 Å². The average molecular weight is 344 g/mol. The van der Waals surface area contributed by atoms with Gasteiger partial charge in [-0.05, 0) is 18.9 Å². The van der Waals surface area contributed by atoms with Gasteiger partial charge >= 0.3 is 5.97 Å². The third-order valence-corrected chi connectivity index (χ3v) is 4.00. The fraction of sp³-hybridized carbons (Fsp3) is 0.500. The number of allylic oxidation sites excluding steroid dienone is 8. The first kappa shape index (κ1) is 21.0. The fourth-order valence-corrected chi connectivity index (χ4v) is 2.49. The molecule has 0 atom stereocenters. The standard InChI is InChI=1S/C22H32O3/c1-2-3-4-5-6-7-8-9-10-11-12-13-14-15-16-17-18-19-20-21(25-20)22(23)24/h12-19H,2-11H2,1H3,(H,23,24)/b13-12?,15-14?,17-16?,19-18-. The summed E-state index contributed by atoms with van der Waals surface area (Å²) in [5, 5.41) is 8.61. The summed E-state index contributed by atoms with van der Waals surface area (Å²) in [4.78, 5) is 10.5. The Bertz CT molecular complexity index is 521. The van der Waals surface area contributed by atoms with Gasteiger partial charge < -0.3 is 9.84 Å². The van der Waals surface area contributed by atoms with Crippen molar-refractivity contribution in [3.63, 3.8) is 0 Å². The van der Waals surface area contributed by atoms with E-state index in [0.29, 0.717) is 5.76 Å². The molecule has 0 aromatic rings. The predicted molar refractivity (Wildman–Crippen MR) is 104 cm³/mol. The molecule has 0 fully saturated rings. The van der Waals surface area contributed by atoms with Gasteiger partial charge in [-0.2, -0.15) is 0 Å². The normalized spacial score (nSPS) is 14.4. The van der Waals surface area contributed by atoms with Gasteiger partial charge in [-0.1, -0.05) is 101 Å². The molecule has 0 saturated carbocycles. The van der Waals surface area contributed by atoms with Crippen molar-refractivity contribution in [3.8, 4) is 0 Å². The minimum Gasteiger partial charge on any atom is -0.475 e. The molecule has 0 bridgehead atoms. The number of unbranched alkanes of at least 4 members (excludes halogenated alkanes) is 9. The first-order valence-electron chi connectivity index (χ1n) is 9.57. The van der Waals surface area contributed by atoms with Crippen LogP contribution in [-0.2, 0) is 9.53 Å². The van der Waals surface area contributed by atoms with Crippen LogP contribution < -0.4 is 0 Å². The largest absolute Gasteiger partial charge is 0.475 e. The highest BCUT2D eigenvalue weighted by atomic mass is 16.6. The monoisotopic (exact) mass is 344 g/mol. The summed E-state index contributed by atoms with van der Waals surface area (Å²) in [5.74, 6) is -0.540. The molecule has 0 aromatic heterocycles. The number of hydrogen-bond donors (Lipinski definition) is 1. The Morgan fingerprint density at radius 3 is 2.00 bits per heavy atom. The van der Waals surface area contributed by atoms with Crippen LogP contribution >= 0.6 is 0 Å². The highest BCUT2D eigenvalue weighted by Crippen LogP contribution is 2.26. The molecule has 0 saturated heterocycles. The second-order valence-electron chi connectivity index (χ2n) is 6.27. The first-order chi connectivity index (χ1) is 12.3. The van der Waals surface area contributed by atoms with Gasteiger partial charge in [0.2, 0.25) is 0 Å². The van der Waals surface area contributed by atoms with Crippen LogP contribution in [0.5, 0.6) is 0 Å². The van der Waals surface area contributed by atoms with Crippen molar-refractivity contribution in [2.24, 2.45) is 0 Å². The Morgan fingerprint density at radius 2 is 1.40 bits per heavy atom. The molecular formula is C22H32O3. The number of carbonyl (C=O) groups is 1. The van der Waals surface area contributed by atoms with Crippen molar-refractivity contribution in [1.29, 1.82) is 0 Å². The van der Waals surface area contributed by atoms with Gasteiger partial charge in [0.15, 0.2) is 5.76 Å². The Labute approximate surface area is 152 Å². The molecule has 3 heteroatoms. The maximum Gasteiger partial charge on any atom is 0.375 e. The van der Waals surface area contributed by atoms with Crippen LogP contribution in [0.3, 0.4) is 0 Å². The van der Waals surface area contributed by atoms with E-state index in [1.165, 1.54) is 57.8 Å². The van der Waals surface area contributed by atoms with Gasteiger partial charge in [-0.25, -0.2) is 4.79 Å². The molecule has 0 unspecified atom stereocenters. The molecule has 1 rings (SSSR count). The topological polar surface area (TPSA) is 49.8 Å². The smallest absolute Gasteiger partial charge is 0.375 e. The Hall–Kier alpha value is -2.03. The SMILES string of the molecule is CCCCCCCCCCCC=CC=CC=C/C=C\C1=C(C(=O)O)O1. The van der Waals surface area contributed by atoms with E-state index in [-0.39, 0.29) is 5.76 Å². The van der Waals surface area contributed by atoms with Gasteiger partial charge in [-0.3, -0.25) is 0 Å². The molecule has 1 N–H and O–H groups in total. The Morgan fingerprint density at radius 1 is 0.840 bits per heavy atom. The predicted octanol–water partition coefficient (Wildman–Crippen LogP) is 6.46. The fourth-order valence-electron chi connectivity index (χ4n) is 2.49. The van der Waals surface area contributed by atoms with E-state index >= 15 is 0 Å². The summed E-state index contributed by atoms with van der Waals surface area (Å²) in [6.07, 6.45) is 28.9. The lowest BCUT2D eigenvalue weighted by Gasteiger charge is -2.00. The number of rotatable bonds is 15. The Kier molecular flexibility index (Phi) is 12.0. The van der Waals surface area contributed by atoms with Gasteiger partial charge in [0.25, 0.3) is 5.76 Å². The highest BCUT2D eigenvalue weighted by molar-refractivity contribution is 5.89. The lowest BCUT2D eigenvalue weighted by Crippen LogP contribution is -1.88. The molecule has 138 valence electrons. The van der Waals surface area contributed by atoms with Crippen LogP contribution in [0, 0.1) is 0 Å². The number of ether oxygens (including phenoxy) is 1. The molecule has 1 heterocycles. The van der Waals surface area contributed by atoms with Crippen molar-refractivity contribution < 1.29 is 14.6 Å². The lowest BCUT2D eigenvalue weighted by molar-refractivity contribution is -0.133. The van der Waals surface area contributed by atoms with E-state index in [1.54, 1.807) is 12.2 Å². The number of aliphatic carboxylic acids is 1. The van der Waals surface area contributed by atoms with Crippen LogP contribution in [0.2, 0.25) is 0 Å². The second-order valence-corrected chi connectivity index (χ2v) is 6.27. The minimum atomic E-state index is -1.01. The molecular weight excluding hydrogens is 312 g/mol. The first-order valence-corrected chi connectivity index (χ1v) is 9.57. The minimum absolute atomic E-state index is 0.0413. The third-order valence-electron chi connectivity index (χ3n) is 4.00. The summed E-state index contributed by atoms with van der Waals surface area (Å²) in [5.41, 5.74) is 0. The zero-order valence-electron chi connectivity index (χ0n) is 15.5. The molecule has 0 amide bonds. The number of carboxylic acid groups (broad SMARTS) is 1. The average Bonchev–Trinajstić information content (AvgIpc) is 3.37. The molecule has 0 aliphatic carbocycles. The van der Waals surface area contributed by atoms with Crippen LogP contribution in [0.1, 0.15) is 71.1 Å². The summed E-state index contributed by atoms with van der Waals surface area (Å²) in [7, 11) is 0. The van der Waals surface area contributed by atoms with Crippen molar-refractivity contribution in [2.45, 2.75) is 71.1 Å². The van der Waals surface area contributed by atoms with Crippen LogP contribution in [0.15, 0.2) is 60.1 Å². The van der Waals surface area contributed by atoms with Crippen molar-refractivity contribution in [1.82, 2.24) is 0 Å². The Balaban J connectivity index is 1.92. The van der Waals surface area contributed by atoms with E-state index in [9.17, 15) is 4.79 Å². The van der Waals surface area contributed by atoms with E-state index in [1.807, 2.05) is 24.3 Å². The molecule has 1 aliphatic heterocycles. The van der Waals surface area contributed by atoms with Crippen molar-refractivity contribution in [2.75, 3.05) is 0 Å². The van der Waals surface area contributed by atoms with Gasteiger partial charge in [0, 0.05) is 0 Å². The summed E-state index contributed by atoms with van der Waals surface area (Å²) >= 11 is 0. The summed E-state index contributed by atoms with van der Waals surface area (Å²) in [6, 6.07) is 0. The summed E-state index contributed by atoms with van der Waals surface area (Å²) < 4.78 is 4.79. The quantitative estimate of drug-likeness (QED) is 0.274. The van der Waals surface area contributed by atoms with Crippen molar-refractivity contribution in [3.05, 3.63) is 60.1 Å².